The Morgan fingerprint density at radius 1 is 1.44 bits per heavy atom. The Hall–Kier alpha value is -0.180. The van der Waals surface area contributed by atoms with Crippen molar-refractivity contribution in [2.24, 2.45) is 5.41 Å². The number of hydrogen-bond donors (Lipinski definition) is 0. The van der Waals surface area contributed by atoms with Crippen molar-refractivity contribution in [1.82, 2.24) is 0 Å². The first-order valence-corrected chi connectivity index (χ1v) is 2.93. The normalized spacial score (nSPS) is 29.3. The van der Waals surface area contributed by atoms with Crippen LogP contribution in [-0.2, 0) is 5.11 Å². The van der Waals surface area contributed by atoms with E-state index >= 15 is 0 Å². The molecule has 1 rings (SSSR count). The van der Waals surface area contributed by atoms with Gasteiger partial charge in [0.25, 0.3) is 0 Å². The molecule has 0 unspecified atom stereocenters. The van der Waals surface area contributed by atoms with E-state index in [9.17, 15) is 13.9 Å². The number of rotatable bonds is 1. The van der Waals surface area contributed by atoms with Gasteiger partial charge in [0, 0.05) is 18.3 Å². The van der Waals surface area contributed by atoms with E-state index in [2.05, 4.69) is 0 Å². The van der Waals surface area contributed by atoms with Crippen molar-refractivity contribution in [2.45, 2.75) is 25.7 Å². The van der Waals surface area contributed by atoms with Gasteiger partial charge in [-0.15, -0.1) is 0 Å². The maximum absolute atomic E-state index is 12.1. The minimum absolute atomic E-state index is 0.219. The fraction of sp³-hybridized carbons (Fsp3) is 1.00. The van der Waals surface area contributed by atoms with Gasteiger partial charge in [-0.25, -0.2) is 13.9 Å². The van der Waals surface area contributed by atoms with Crippen molar-refractivity contribution in [1.29, 1.82) is 0 Å². The Morgan fingerprint density at radius 3 is 2.00 bits per heavy atom. The molecule has 0 spiro atoms. The van der Waals surface area contributed by atoms with E-state index in [0.717, 1.165) is 0 Å². The molecule has 0 atom stereocenters. The Labute approximate surface area is 52.7 Å². The predicted molar refractivity (Wildman–Crippen MR) is 27.8 cm³/mol. The molecule has 0 N–H and O–H groups in total. The lowest BCUT2D eigenvalue weighted by atomic mass is 9.68. The lowest BCUT2D eigenvalue weighted by Gasteiger charge is -2.42. The van der Waals surface area contributed by atoms with E-state index < -0.39 is 11.3 Å². The van der Waals surface area contributed by atoms with Gasteiger partial charge in [0.1, 0.15) is 0 Å². The molecule has 9 heavy (non-hydrogen) atoms. The summed E-state index contributed by atoms with van der Waals surface area (Å²) in [7, 11) is 0. The van der Waals surface area contributed by atoms with Crippen molar-refractivity contribution in [3.05, 3.63) is 0 Å². The second-order valence-corrected chi connectivity index (χ2v) is 3.16. The third-order valence-electron chi connectivity index (χ3n) is 1.72. The van der Waals surface area contributed by atoms with Crippen LogP contribution in [0.2, 0.25) is 0 Å². The highest BCUT2D eigenvalue weighted by atomic mass is 19.3. The smallest absolute Gasteiger partial charge is 0.236 e. The van der Waals surface area contributed by atoms with Crippen LogP contribution in [0.1, 0.15) is 19.8 Å². The van der Waals surface area contributed by atoms with Gasteiger partial charge in [-0.3, -0.25) is 0 Å². The van der Waals surface area contributed by atoms with Gasteiger partial charge in [0.2, 0.25) is 5.92 Å². The van der Waals surface area contributed by atoms with E-state index in [1.165, 1.54) is 0 Å². The van der Waals surface area contributed by atoms with Gasteiger partial charge >= 0.3 is 0 Å². The van der Waals surface area contributed by atoms with Crippen LogP contribution < -0.4 is 0 Å². The first-order valence-electron chi connectivity index (χ1n) is 2.93. The molecule has 0 amide bonds. The Balaban J connectivity index is 2.41. The average Bonchev–Trinajstić information content (AvgIpc) is 1.61. The molecule has 3 heteroatoms. The average molecular weight is 135 g/mol. The van der Waals surface area contributed by atoms with E-state index in [1.54, 1.807) is 6.92 Å². The summed E-state index contributed by atoms with van der Waals surface area (Å²) in [5.41, 5.74) is -0.608. The van der Waals surface area contributed by atoms with Gasteiger partial charge in [0.15, 0.2) is 0 Å². The van der Waals surface area contributed by atoms with E-state index in [0.29, 0.717) is 0 Å². The van der Waals surface area contributed by atoms with Gasteiger partial charge < -0.3 is 0 Å². The van der Waals surface area contributed by atoms with Gasteiger partial charge in [-0.05, 0) is 0 Å². The van der Waals surface area contributed by atoms with Crippen LogP contribution in [0.15, 0.2) is 0 Å². The SMILES string of the molecule is CC1(C[O])CC(F)(F)C1. The Bertz CT molecular complexity index is 114. The highest BCUT2D eigenvalue weighted by Gasteiger charge is 2.53. The summed E-state index contributed by atoms with van der Waals surface area (Å²) in [5, 5.41) is 10.2. The quantitative estimate of drug-likeness (QED) is 0.523. The molecular formula is C6H9F2O. The molecule has 1 fully saturated rings. The lowest BCUT2D eigenvalue weighted by Crippen LogP contribution is -2.45. The molecule has 0 saturated heterocycles. The minimum Gasteiger partial charge on any atom is -0.236 e. The molecular weight excluding hydrogens is 126 g/mol. The first kappa shape index (κ1) is 6.93. The van der Waals surface area contributed by atoms with Crippen molar-refractivity contribution < 1.29 is 13.9 Å². The molecule has 0 bridgehead atoms. The largest absolute Gasteiger partial charge is 0.249 e. The molecule has 0 heterocycles. The summed E-state index contributed by atoms with van der Waals surface area (Å²) < 4.78 is 24.2. The van der Waals surface area contributed by atoms with E-state index in [-0.39, 0.29) is 19.4 Å². The zero-order valence-electron chi connectivity index (χ0n) is 5.29. The number of alkyl halides is 2. The van der Waals surface area contributed by atoms with E-state index in [4.69, 9.17) is 0 Å². The minimum atomic E-state index is -2.54. The predicted octanol–water partition coefficient (Wildman–Crippen LogP) is 1.85. The van der Waals surface area contributed by atoms with Crippen LogP contribution in [0.5, 0.6) is 0 Å². The van der Waals surface area contributed by atoms with E-state index in [1.807, 2.05) is 0 Å². The van der Waals surface area contributed by atoms with Crippen LogP contribution in [0.25, 0.3) is 0 Å². The molecule has 0 aromatic carbocycles. The second-order valence-electron chi connectivity index (χ2n) is 3.16. The molecule has 53 valence electrons. The third-order valence-corrected chi connectivity index (χ3v) is 1.72. The fourth-order valence-electron chi connectivity index (χ4n) is 1.30. The maximum Gasteiger partial charge on any atom is 0.249 e. The van der Waals surface area contributed by atoms with Gasteiger partial charge in [-0.2, -0.15) is 0 Å². The zero-order chi connectivity index (χ0) is 7.12. The molecule has 0 aromatic rings. The summed E-state index contributed by atoms with van der Waals surface area (Å²) >= 11 is 0. The summed E-state index contributed by atoms with van der Waals surface area (Å²) in [4.78, 5) is 0. The Morgan fingerprint density at radius 2 is 1.89 bits per heavy atom. The summed E-state index contributed by atoms with van der Waals surface area (Å²) in [5.74, 6) is -2.54. The van der Waals surface area contributed by atoms with Crippen LogP contribution in [0.3, 0.4) is 0 Å². The maximum atomic E-state index is 12.1. The van der Waals surface area contributed by atoms with Crippen LogP contribution in [0.4, 0.5) is 8.78 Å². The molecule has 0 aliphatic heterocycles. The molecule has 0 aromatic heterocycles. The number of hydrogen-bond acceptors (Lipinski definition) is 0. The van der Waals surface area contributed by atoms with Gasteiger partial charge in [-0.1, -0.05) is 6.92 Å². The highest BCUT2D eigenvalue weighted by Crippen LogP contribution is 2.51. The molecule has 1 nitrogen and oxygen atoms in total. The molecule has 1 radical (unpaired) electrons. The van der Waals surface area contributed by atoms with Crippen LogP contribution in [-0.4, -0.2) is 12.5 Å². The summed E-state index contributed by atoms with van der Waals surface area (Å²) in [6.07, 6.45) is -0.438. The van der Waals surface area contributed by atoms with Crippen LogP contribution >= 0.6 is 0 Å². The van der Waals surface area contributed by atoms with Crippen LogP contribution in [0, 0.1) is 5.41 Å². The summed E-state index contributed by atoms with van der Waals surface area (Å²) in [6.45, 7) is 1.24. The standard InChI is InChI=1S/C6H9F2O/c1-5(4-9)2-6(7,8)3-5/h2-4H2,1H3. The third kappa shape index (κ3) is 1.21. The van der Waals surface area contributed by atoms with Crippen molar-refractivity contribution in [3.8, 4) is 0 Å². The highest BCUT2D eigenvalue weighted by molar-refractivity contribution is 4.95. The fourth-order valence-corrected chi connectivity index (χ4v) is 1.30. The monoisotopic (exact) mass is 135 g/mol. The first-order chi connectivity index (χ1) is 3.97. The van der Waals surface area contributed by atoms with Gasteiger partial charge in [0.05, 0.1) is 6.61 Å². The Kier molecular flexibility index (Phi) is 1.28. The second kappa shape index (κ2) is 1.66. The number of halogens is 2. The molecule has 1 saturated carbocycles. The van der Waals surface area contributed by atoms with Crippen molar-refractivity contribution in [2.75, 3.05) is 6.61 Å². The zero-order valence-corrected chi connectivity index (χ0v) is 5.29. The molecule has 1 aliphatic carbocycles. The van der Waals surface area contributed by atoms with Crippen molar-refractivity contribution >= 4 is 0 Å². The van der Waals surface area contributed by atoms with Crippen molar-refractivity contribution in [3.63, 3.8) is 0 Å². The summed E-state index contributed by atoms with van der Waals surface area (Å²) in [6, 6.07) is 0. The topological polar surface area (TPSA) is 19.9 Å². The lowest BCUT2D eigenvalue weighted by molar-refractivity contribution is -0.174. The molecule has 1 aliphatic rings.